The molecule has 0 heterocycles. The van der Waals surface area contributed by atoms with Crippen molar-refractivity contribution in [2.75, 3.05) is 0 Å². The fourth-order valence-electron chi connectivity index (χ4n) is 6.64. The van der Waals surface area contributed by atoms with Crippen LogP contribution in [0.25, 0.3) is 5.57 Å². The van der Waals surface area contributed by atoms with Crippen molar-refractivity contribution in [1.82, 2.24) is 0 Å². The third kappa shape index (κ3) is 2.57. The summed E-state index contributed by atoms with van der Waals surface area (Å²) >= 11 is -2.85. The molecule has 28 heavy (non-hydrogen) atoms. The van der Waals surface area contributed by atoms with Gasteiger partial charge in [0.25, 0.3) is 0 Å². The Kier molecular flexibility index (Phi) is 5.09. The van der Waals surface area contributed by atoms with E-state index in [4.69, 9.17) is 0 Å². The van der Waals surface area contributed by atoms with Crippen LogP contribution in [0, 0.1) is 0 Å². The van der Waals surface area contributed by atoms with E-state index in [0.29, 0.717) is 3.17 Å². The minimum atomic E-state index is -2.85. The van der Waals surface area contributed by atoms with Gasteiger partial charge in [0.1, 0.15) is 0 Å². The Morgan fingerprint density at radius 1 is 0.929 bits per heavy atom. The summed E-state index contributed by atoms with van der Waals surface area (Å²) in [5, 5.41) is 0. The van der Waals surface area contributed by atoms with Gasteiger partial charge in [0.2, 0.25) is 0 Å². The van der Waals surface area contributed by atoms with Gasteiger partial charge in [0, 0.05) is 0 Å². The van der Waals surface area contributed by atoms with E-state index in [2.05, 4.69) is 63.0 Å². The van der Waals surface area contributed by atoms with Gasteiger partial charge in [0.05, 0.1) is 0 Å². The van der Waals surface area contributed by atoms with Crippen LogP contribution in [0.15, 0.2) is 37.8 Å². The molecule has 0 spiro atoms. The van der Waals surface area contributed by atoms with Crippen LogP contribution >= 0.6 is 0 Å². The standard InChI is InChI=1S/C15H17.C10H15.2CH3.Hf/c1-2-4-12-9-10-13-8-7-11-5-3-6-14(11)15(12)13;1-6-7(2)9(4)10(5)8(6)3;;;/h7-8H,2-6,10H2,1H3;1-5H3;2*1H3;. The first-order valence-corrected chi connectivity index (χ1v) is 22.2. The molecule has 3 aliphatic rings. The Morgan fingerprint density at radius 2 is 1.54 bits per heavy atom. The van der Waals surface area contributed by atoms with Crippen molar-refractivity contribution in [3.8, 4) is 0 Å². The predicted octanol–water partition coefficient (Wildman–Crippen LogP) is 8.36. The van der Waals surface area contributed by atoms with E-state index in [0.717, 1.165) is 0 Å². The second-order valence-electron chi connectivity index (χ2n) is 10.2. The summed E-state index contributed by atoms with van der Waals surface area (Å²) in [5.41, 5.74) is 15.1. The van der Waals surface area contributed by atoms with Crippen molar-refractivity contribution >= 4 is 5.57 Å². The summed E-state index contributed by atoms with van der Waals surface area (Å²) in [6, 6.07) is 4.95. The average molecular weight is 541 g/mol. The molecule has 0 nitrogen and oxygen atoms in total. The molecule has 0 amide bonds. The molecule has 0 saturated heterocycles. The zero-order valence-electron chi connectivity index (χ0n) is 19.4. The van der Waals surface area contributed by atoms with E-state index in [1.54, 1.807) is 50.1 Å². The Hall–Kier alpha value is -0.690. The Labute approximate surface area is 177 Å². The number of aryl methyl sites for hydroxylation is 1. The third-order valence-corrected chi connectivity index (χ3v) is 27.9. The number of allylic oxidation sites excluding steroid dienone is 6. The number of hydrogen-bond acceptors (Lipinski definition) is 0. The zero-order chi connectivity index (χ0) is 20.4. The van der Waals surface area contributed by atoms with E-state index < -0.39 is 20.0 Å². The van der Waals surface area contributed by atoms with Crippen LogP contribution in [0.3, 0.4) is 0 Å². The number of rotatable bonds is 4. The molecule has 150 valence electrons. The van der Waals surface area contributed by atoms with Crippen molar-refractivity contribution < 1.29 is 20.0 Å². The van der Waals surface area contributed by atoms with E-state index >= 15 is 0 Å². The SMILES string of the molecule is CCCC1=[C]([Hf]([CH3])([CH3])[C]2(C)C(C)=C(C)C(C)=C2C)Cc2ccc3c(c21)CCC3. The fourth-order valence-corrected chi connectivity index (χ4v) is 22.8. The van der Waals surface area contributed by atoms with Crippen LogP contribution in [0.5, 0.6) is 0 Å². The summed E-state index contributed by atoms with van der Waals surface area (Å²) in [7, 11) is 0. The van der Waals surface area contributed by atoms with Gasteiger partial charge in [-0.3, -0.25) is 0 Å². The third-order valence-electron chi connectivity index (χ3n) is 9.09. The first kappa shape index (κ1) is 20.6. The van der Waals surface area contributed by atoms with Crippen LogP contribution in [0.4, 0.5) is 0 Å². The monoisotopic (exact) mass is 542 g/mol. The maximum atomic E-state index is 2.75. The topological polar surface area (TPSA) is 0 Å². The molecule has 0 N–H and O–H groups in total. The maximum absolute atomic E-state index is 2.85. The predicted molar refractivity (Wildman–Crippen MR) is 121 cm³/mol. The quantitative estimate of drug-likeness (QED) is 0.337. The van der Waals surface area contributed by atoms with Crippen LogP contribution in [-0.2, 0) is 39.2 Å². The normalized spacial score (nSPS) is 21.1. The van der Waals surface area contributed by atoms with Gasteiger partial charge in [-0.05, 0) is 0 Å². The molecule has 0 aliphatic heterocycles. The fraction of sp³-hybridized carbons (Fsp3) is 0.556. The number of benzene rings is 1. The molecule has 1 heteroatoms. The van der Waals surface area contributed by atoms with E-state index in [1.165, 1.54) is 38.5 Å². The van der Waals surface area contributed by atoms with E-state index in [9.17, 15) is 0 Å². The summed E-state index contributed by atoms with van der Waals surface area (Å²) in [5.74, 6) is 0. The number of hydrogen-bond donors (Lipinski definition) is 0. The van der Waals surface area contributed by atoms with Crippen molar-refractivity contribution in [2.45, 2.75) is 92.6 Å². The average Bonchev–Trinajstić information content (AvgIpc) is 3.32. The molecule has 0 unspecified atom stereocenters. The van der Waals surface area contributed by atoms with Gasteiger partial charge in [-0.1, -0.05) is 0 Å². The van der Waals surface area contributed by atoms with E-state index in [-0.39, 0.29) is 0 Å². The molecule has 0 aromatic heterocycles. The van der Waals surface area contributed by atoms with Crippen molar-refractivity contribution in [3.05, 3.63) is 60.0 Å². The van der Waals surface area contributed by atoms with Gasteiger partial charge in [0.15, 0.2) is 0 Å². The summed E-state index contributed by atoms with van der Waals surface area (Å²) in [6.45, 7) is 14.6. The van der Waals surface area contributed by atoms with Crippen LogP contribution in [0.2, 0.25) is 12.5 Å². The summed E-state index contributed by atoms with van der Waals surface area (Å²) in [6.07, 6.45) is 7.76. The van der Waals surface area contributed by atoms with Gasteiger partial charge in [-0.15, -0.1) is 0 Å². The van der Waals surface area contributed by atoms with Crippen LogP contribution < -0.4 is 0 Å². The van der Waals surface area contributed by atoms with Gasteiger partial charge < -0.3 is 0 Å². The Balaban J connectivity index is 1.92. The first-order valence-electron chi connectivity index (χ1n) is 11.4. The zero-order valence-corrected chi connectivity index (χ0v) is 23.0. The first-order chi connectivity index (χ1) is 13.2. The molecular weight excluding hydrogens is 503 g/mol. The Bertz CT molecular complexity index is 925. The number of fused-ring (bicyclic) bond motifs is 3. The molecular formula is C27H38Hf. The Morgan fingerprint density at radius 3 is 2.14 bits per heavy atom. The minimum absolute atomic E-state index is 0.334. The molecule has 4 rings (SSSR count). The molecule has 0 saturated carbocycles. The molecule has 1 aromatic rings. The summed E-state index contributed by atoms with van der Waals surface area (Å²) in [4.78, 5) is 0. The molecule has 0 radical (unpaired) electrons. The second kappa shape index (κ2) is 6.93. The molecule has 0 atom stereocenters. The van der Waals surface area contributed by atoms with Gasteiger partial charge in [-0.25, -0.2) is 0 Å². The molecule has 1 aromatic carbocycles. The van der Waals surface area contributed by atoms with Crippen molar-refractivity contribution in [3.63, 3.8) is 0 Å². The molecule has 0 fully saturated rings. The molecule has 3 aliphatic carbocycles. The van der Waals surface area contributed by atoms with Gasteiger partial charge in [-0.2, -0.15) is 0 Å². The van der Waals surface area contributed by atoms with Gasteiger partial charge >= 0.3 is 178 Å². The summed E-state index contributed by atoms with van der Waals surface area (Å²) < 4.78 is 7.78. The van der Waals surface area contributed by atoms with E-state index in [1.807, 2.05) is 3.33 Å². The van der Waals surface area contributed by atoms with Crippen LogP contribution in [-0.4, -0.2) is 0 Å². The second-order valence-corrected chi connectivity index (χ2v) is 27.7. The van der Waals surface area contributed by atoms with Crippen LogP contribution in [0.1, 0.15) is 83.1 Å². The molecule has 0 bridgehead atoms. The van der Waals surface area contributed by atoms with Crippen molar-refractivity contribution in [2.24, 2.45) is 0 Å². The van der Waals surface area contributed by atoms with Crippen molar-refractivity contribution in [1.29, 1.82) is 0 Å².